The van der Waals surface area contributed by atoms with Crippen molar-refractivity contribution in [3.8, 4) is 5.75 Å². The molecule has 0 saturated carbocycles. The highest BCUT2D eigenvalue weighted by atomic mass is 32.1. The van der Waals surface area contributed by atoms with Crippen molar-refractivity contribution in [3.63, 3.8) is 0 Å². The summed E-state index contributed by atoms with van der Waals surface area (Å²) in [6.07, 6.45) is -9.63. The number of hydrogen-bond acceptors (Lipinski definition) is 5. The van der Waals surface area contributed by atoms with Gasteiger partial charge in [0.1, 0.15) is 15.6 Å². The fraction of sp³-hybridized carbons (Fsp3) is 0.182. The van der Waals surface area contributed by atoms with Crippen molar-refractivity contribution >= 4 is 34.4 Å². The molecule has 0 spiro atoms. The SMILES string of the molecule is FC(F)(F)Oc1cccc(NC(=S)c2snnc2C(F)(F)F)c1. The number of aromatic nitrogens is 2. The third-order valence-electron chi connectivity index (χ3n) is 2.29. The normalized spacial score (nSPS) is 12.1. The van der Waals surface area contributed by atoms with Crippen LogP contribution >= 0.6 is 23.8 Å². The van der Waals surface area contributed by atoms with E-state index in [0.717, 1.165) is 12.1 Å². The van der Waals surface area contributed by atoms with Crippen molar-refractivity contribution in [2.24, 2.45) is 0 Å². The molecule has 0 amide bonds. The second kappa shape index (κ2) is 6.28. The van der Waals surface area contributed by atoms with E-state index in [1.165, 1.54) is 12.1 Å². The van der Waals surface area contributed by atoms with Crippen LogP contribution in [0.25, 0.3) is 0 Å². The number of nitrogens with one attached hydrogen (secondary N) is 1. The molecule has 1 heterocycles. The van der Waals surface area contributed by atoms with Crippen LogP contribution in [0.5, 0.6) is 5.75 Å². The Morgan fingerprint density at radius 1 is 1.17 bits per heavy atom. The zero-order valence-corrected chi connectivity index (χ0v) is 12.3. The van der Waals surface area contributed by atoms with Crippen LogP contribution < -0.4 is 10.1 Å². The zero-order chi connectivity index (χ0) is 17.3. The Kier molecular flexibility index (Phi) is 4.75. The molecule has 0 unspecified atom stereocenters. The van der Waals surface area contributed by atoms with Gasteiger partial charge >= 0.3 is 12.5 Å². The highest BCUT2D eigenvalue weighted by molar-refractivity contribution is 7.81. The molecule has 0 aliphatic carbocycles. The molecule has 1 aromatic heterocycles. The van der Waals surface area contributed by atoms with Crippen molar-refractivity contribution < 1.29 is 31.1 Å². The van der Waals surface area contributed by atoms with Gasteiger partial charge in [-0.3, -0.25) is 0 Å². The molecule has 1 aromatic carbocycles. The van der Waals surface area contributed by atoms with E-state index in [4.69, 9.17) is 12.2 Å². The van der Waals surface area contributed by atoms with Crippen LogP contribution in [0, 0.1) is 0 Å². The first kappa shape index (κ1) is 17.4. The number of rotatable bonds is 3. The number of hydrogen-bond donors (Lipinski definition) is 1. The largest absolute Gasteiger partial charge is 0.573 e. The lowest BCUT2D eigenvalue weighted by molar-refractivity contribution is -0.274. The Bertz CT molecular complexity index is 712. The number of thiocarbonyl (C=S) groups is 1. The van der Waals surface area contributed by atoms with Gasteiger partial charge in [0, 0.05) is 11.8 Å². The fourth-order valence-electron chi connectivity index (χ4n) is 1.48. The lowest BCUT2D eigenvalue weighted by Gasteiger charge is -2.12. The van der Waals surface area contributed by atoms with E-state index < -0.39 is 28.9 Å². The van der Waals surface area contributed by atoms with E-state index in [9.17, 15) is 26.3 Å². The van der Waals surface area contributed by atoms with Crippen LogP contribution in [-0.4, -0.2) is 20.9 Å². The number of benzene rings is 1. The summed E-state index contributed by atoms with van der Waals surface area (Å²) in [6, 6.07) is 4.53. The molecule has 2 rings (SSSR count). The molecule has 1 N–H and O–H groups in total. The van der Waals surface area contributed by atoms with Gasteiger partial charge in [-0.1, -0.05) is 22.8 Å². The van der Waals surface area contributed by atoms with Crippen molar-refractivity contribution in [1.29, 1.82) is 0 Å². The Morgan fingerprint density at radius 3 is 2.48 bits per heavy atom. The Hall–Kier alpha value is -1.95. The molecule has 23 heavy (non-hydrogen) atoms. The summed E-state index contributed by atoms with van der Waals surface area (Å²) < 4.78 is 81.4. The highest BCUT2D eigenvalue weighted by Gasteiger charge is 2.38. The number of anilines is 1. The average molecular weight is 373 g/mol. The third-order valence-corrected chi connectivity index (χ3v) is 3.47. The van der Waals surface area contributed by atoms with Gasteiger partial charge in [0.05, 0.1) is 0 Å². The summed E-state index contributed by atoms with van der Waals surface area (Å²) >= 11 is 5.24. The van der Waals surface area contributed by atoms with Crippen LogP contribution in [0.3, 0.4) is 0 Å². The van der Waals surface area contributed by atoms with E-state index in [1.807, 2.05) is 0 Å². The molecule has 0 saturated heterocycles. The summed E-state index contributed by atoms with van der Waals surface area (Å²) in [5, 5.41) is 5.36. The minimum Gasteiger partial charge on any atom is -0.406 e. The maximum atomic E-state index is 12.7. The molecule has 2 aromatic rings. The predicted molar refractivity (Wildman–Crippen MR) is 73.4 cm³/mol. The van der Waals surface area contributed by atoms with Gasteiger partial charge in [-0.15, -0.1) is 18.3 Å². The summed E-state index contributed by atoms with van der Waals surface area (Å²) in [4.78, 5) is -0.800. The van der Waals surface area contributed by atoms with Gasteiger partial charge in [-0.05, 0) is 23.7 Å². The summed E-state index contributed by atoms with van der Waals surface area (Å²) in [5.74, 6) is -0.538. The highest BCUT2D eigenvalue weighted by Crippen LogP contribution is 2.32. The Labute approximate surface area is 134 Å². The average Bonchev–Trinajstić information content (AvgIpc) is 2.85. The van der Waals surface area contributed by atoms with Crippen molar-refractivity contribution in [2.75, 3.05) is 5.32 Å². The van der Waals surface area contributed by atoms with E-state index in [-0.39, 0.29) is 10.7 Å². The molecule has 12 heteroatoms. The minimum atomic E-state index is -4.88. The Morgan fingerprint density at radius 2 is 1.87 bits per heavy atom. The van der Waals surface area contributed by atoms with Crippen LogP contribution in [0.15, 0.2) is 24.3 Å². The molecule has 4 nitrogen and oxygen atoms in total. The van der Waals surface area contributed by atoms with Crippen LogP contribution in [0.2, 0.25) is 0 Å². The van der Waals surface area contributed by atoms with Crippen LogP contribution in [0.1, 0.15) is 10.6 Å². The molecule has 0 aliphatic heterocycles. The van der Waals surface area contributed by atoms with Crippen LogP contribution in [0.4, 0.5) is 32.0 Å². The van der Waals surface area contributed by atoms with Gasteiger partial charge in [-0.25, -0.2) is 0 Å². The predicted octanol–water partition coefficient (Wildman–Crippen LogP) is 4.24. The van der Waals surface area contributed by atoms with E-state index in [1.54, 1.807) is 0 Å². The van der Waals surface area contributed by atoms with E-state index >= 15 is 0 Å². The second-order valence-corrected chi connectivity index (χ2v) is 5.14. The Balaban J connectivity index is 2.18. The second-order valence-electron chi connectivity index (χ2n) is 3.98. The van der Waals surface area contributed by atoms with E-state index in [0.29, 0.717) is 11.5 Å². The first-order valence-electron chi connectivity index (χ1n) is 5.63. The number of ether oxygens (including phenoxy) is 1. The van der Waals surface area contributed by atoms with Gasteiger partial charge in [-0.2, -0.15) is 13.2 Å². The lowest BCUT2D eigenvalue weighted by Crippen LogP contribution is -2.18. The number of halogens is 6. The van der Waals surface area contributed by atoms with Crippen LogP contribution in [-0.2, 0) is 6.18 Å². The maximum absolute atomic E-state index is 12.7. The smallest absolute Gasteiger partial charge is 0.406 e. The fourth-order valence-corrected chi connectivity index (χ4v) is 2.39. The molecule has 0 fully saturated rings. The molecule has 0 radical (unpaired) electrons. The summed E-state index contributed by atoms with van der Waals surface area (Å²) in [7, 11) is 0. The quantitative estimate of drug-likeness (QED) is 0.644. The van der Waals surface area contributed by atoms with Gasteiger partial charge in [0.2, 0.25) is 0 Å². The molecule has 0 bridgehead atoms. The summed E-state index contributed by atoms with van der Waals surface area (Å²) in [6.45, 7) is 0. The molecular formula is C11H5F6N3OS2. The zero-order valence-electron chi connectivity index (χ0n) is 10.7. The monoisotopic (exact) mass is 373 g/mol. The first-order chi connectivity index (χ1) is 10.6. The van der Waals surface area contributed by atoms with Gasteiger partial charge in [0.25, 0.3) is 0 Å². The minimum absolute atomic E-state index is 0.0262. The molecule has 0 atom stereocenters. The molecule has 124 valence electrons. The maximum Gasteiger partial charge on any atom is 0.573 e. The standard InChI is InChI=1S/C11H5F6N3OS2/c12-10(13,14)8-7(23-20-19-8)9(22)18-5-2-1-3-6(4-5)21-11(15,16)17/h1-4H,(H,18,22). The van der Waals surface area contributed by atoms with Crippen molar-refractivity contribution in [2.45, 2.75) is 12.5 Å². The first-order valence-corrected chi connectivity index (χ1v) is 6.81. The molecular weight excluding hydrogens is 368 g/mol. The lowest BCUT2D eigenvalue weighted by atomic mass is 10.3. The number of nitrogens with zero attached hydrogens (tertiary/aromatic N) is 2. The van der Waals surface area contributed by atoms with Gasteiger partial charge < -0.3 is 10.1 Å². The summed E-state index contributed by atoms with van der Waals surface area (Å²) in [5.41, 5.74) is -1.24. The van der Waals surface area contributed by atoms with Crippen molar-refractivity contribution in [3.05, 3.63) is 34.8 Å². The molecule has 0 aliphatic rings. The number of alkyl halides is 6. The third kappa shape index (κ3) is 4.76. The van der Waals surface area contributed by atoms with E-state index in [2.05, 4.69) is 19.6 Å². The topological polar surface area (TPSA) is 47.0 Å². The van der Waals surface area contributed by atoms with Gasteiger partial charge in [0.15, 0.2) is 5.69 Å². The van der Waals surface area contributed by atoms with Crippen molar-refractivity contribution in [1.82, 2.24) is 9.59 Å².